The summed E-state index contributed by atoms with van der Waals surface area (Å²) in [5.74, 6) is 0. The van der Waals surface area contributed by atoms with E-state index in [4.69, 9.17) is 0 Å². The van der Waals surface area contributed by atoms with E-state index in [-0.39, 0.29) is 5.41 Å². The van der Waals surface area contributed by atoms with Crippen LogP contribution < -0.4 is 5.43 Å². The highest BCUT2D eigenvalue weighted by molar-refractivity contribution is 8.13. The van der Waals surface area contributed by atoms with Gasteiger partial charge in [0.25, 0.3) is 0 Å². The summed E-state index contributed by atoms with van der Waals surface area (Å²) < 4.78 is 0. The van der Waals surface area contributed by atoms with Crippen LogP contribution in [-0.2, 0) is 0 Å². The maximum absolute atomic E-state index is 4.62. The Hall–Kier alpha value is -1.74. The average molecular weight is 312 g/mol. The molecule has 0 fully saturated rings. The second kappa shape index (κ2) is 7.01. The first-order valence-corrected chi connectivity index (χ1v) is 8.68. The van der Waals surface area contributed by atoms with Crippen LogP contribution in [0.1, 0.15) is 26.3 Å². The fraction of sp³-hybridized carbons (Fsp3) is 0.316. The van der Waals surface area contributed by atoms with Crippen LogP contribution in [0, 0.1) is 12.3 Å². The molecule has 0 saturated carbocycles. The summed E-state index contributed by atoms with van der Waals surface area (Å²) in [6.07, 6.45) is 2.07. The van der Waals surface area contributed by atoms with Gasteiger partial charge in [0, 0.05) is 11.0 Å². The lowest BCUT2D eigenvalue weighted by molar-refractivity contribution is 0.601. The summed E-state index contributed by atoms with van der Waals surface area (Å²) in [4.78, 5) is 0. The SMILES string of the molecule is CS/C(=N\Nc1ccccc1-c1ccc(C)cc1)C(C)(C)C. The third-order valence-electron chi connectivity index (χ3n) is 3.40. The zero-order valence-electron chi connectivity index (χ0n) is 14.0. The molecule has 0 unspecified atom stereocenters. The number of anilines is 1. The van der Waals surface area contributed by atoms with Crippen LogP contribution >= 0.6 is 11.8 Å². The van der Waals surface area contributed by atoms with Crippen molar-refractivity contribution in [2.24, 2.45) is 10.5 Å². The van der Waals surface area contributed by atoms with Gasteiger partial charge in [-0.2, -0.15) is 5.10 Å². The maximum Gasteiger partial charge on any atom is 0.0986 e. The van der Waals surface area contributed by atoms with E-state index >= 15 is 0 Å². The zero-order chi connectivity index (χ0) is 16.2. The van der Waals surface area contributed by atoms with Crippen molar-refractivity contribution in [3.8, 4) is 11.1 Å². The van der Waals surface area contributed by atoms with E-state index in [0.717, 1.165) is 10.7 Å². The van der Waals surface area contributed by atoms with E-state index in [1.807, 2.05) is 6.07 Å². The molecule has 1 N–H and O–H groups in total. The number of hydrogen-bond acceptors (Lipinski definition) is 3. The van der Waals surface area contributed by atoms with Crippen LogP contribution in [-0.4, -0.2) is 11.3 Å². The van der Waals surface area contributed by atoms with Crippen LogP contribution in [0.4, 0.5) is 5.69 Å². The maximum atomic E-state index is 4.62. The topological polar surface area (TPSA) is 24.4 Å². The lowest BCUT2D eigenvalue weighted by Gasteiger charge is -2.20. The summed E-state index contributed by atoms with van der Waals surface area (Å²) >= 11 is 1.69. The number of hydrogen-bond donors (Lipinski definition) is 1. The monoisotopic (exact) mass is 312 g/mol. The Balaban J connectivity index is 2.33. The van der Waals surface area contributed by atoms with Gasteiger partial charge in [-0.1, -0.05) is 68.8 Å². The number of rotatable bonds is 3. The fourth-order valence-corrected chi connectivity index (χ4v) is 2.95. The van der Waals surface area contributed by atoms with Gasteiger partial charge >= 0.3 is 0 Å². The lowest BCUT2D eigenvalue weighted by atomic mass is 9.99. The normalized spacial score (nSPS) is 12.3. The Morgan fingerprint density at radius 2 is 1.64 bits per heavy atom. The summed E-state index contributed by atoms with van der Waals surface area (Å²) in [5, 5.41) is 5.71. The fourth-order valence-electron chi connectivity index (χ4n) is 2.20. The molecule has 0 bridgehead atoms. The molecule has 0 amide bonds. The van der Waals surface area contributed by atoms with Gasteiger partial charge in [0.05, 0.1) is 10.7 Å². The number of benzene rings is 2. The van der Waals surface area contributed by atoms with Gasteiger partial charge in [-0.15, -0.1) is 11.8 Å². The summed E-state index contributed by atoms with van der Waals surface area (Å²) in [7, 11) is 0. The minimum absolute atomic E-state index is 0.0468. The van der Waals surface area contributed by atoms with Crippen molar-refractivity contribution in [2.45, 2.75) is 27.7 Å². The van der Waals surface area contributed by atoms with Crippen LogP contribution in [0.3, 0.4) is 0 Å². The van der Waals surface area contributed by atoms with Crippen LogP contribution in [0.25, 0.3) is 11.1 Å². The Morgan fingerprint density at radius 3 is 2.23 bits per heavy atom. The molecule has 0 aliphatic heterocycles. The van der Waals surface area contributed by atoms with Gasteiger partial charge in [-0.3, -0.25) is 5.43 Å². The number of thioether (sulfide) groups is 1. The van der Waals surface area contributed by atoms with Gasteiger partial charge in [-0.25, -0.2) is 0 Å². The largest absolute Gasteiger partial charge is 0.277 e. The van der Waals surface area contributed by atoms with E-state index in [1.54, 1.807) is 11.8 Å². The molecule has 0 radical (unpaired) electrons. The molecule has 2 rings (SSSR count). The third-order valence-corrected chi connectivity index (χ3v) is 4.49. The Labute approximate surface area is 138 Å². The predicted octanol–water partition coefficient (Wildman–Crippen LogP) is 5.80. The quantitative estimate of drug-likeness (QED) is 0.440. The van der Waals surface area contributed by atoms with Crippen molar-refractivity contribution in [3.63, 3.8) is 0 Å². The Morgan fingerprint density at radius 1 is 1.00 bits per heavy atom. The molecule has 2 aromatic carbocycles. The van der Waals surface area contributed by atoms with Crippen molar-refractivity contribution in [3.05, 3.63) is 54.1 Å². The molecule has 0 saturated heterocycles. The predicted molar refractivity (Wildman–Crippen MR) is 101 cm³/mol. The minimum Gasteiger partial charge on any atom is -0.277 e. The first kappa shape index (κ1) is 16.6. The first-order valence-electron chi connectivity index (χ1n) is 7.46. The second-order valence-corrected chi connectivity index (χ2v) is 7.19. The molecule has 0 spiro atoms. The van der Waals surface area contributed by atoms with E-state index in [0.29, 0.717) is 0 Å². The molecule has 116 valence electrons. The number of aryl methyl sites for hydroxylation is 1. The van der Waals surface area contributed by atoms with Gasteiger partial charge in [0.1, 0.15) is 0 Å². The van der Waals surface area contributed by atoms with E-state index in [1.165, 1.54) is 16.7 Å². The zero-order valence-corrected chi connectivity index (χ0v) is 14.8. The van der Waals surface area contributed by atoms with Gasteiger partial charge in [0.2, 0.25) is 0 Å². The van der Waals surface area contributed by atoms with E-state index in [9.17, 15) is 0 Å². The van der Waals surface area contributed by atoms with Crippen LogP contribution in [0.15, 0.2) is 53.6 Å². The molecule has 0 heterocycles. The number of hydrazone groups is 1. The summed E-state index contributed by atoms with van der Waals surface area (Å²) in [6, 6.07) is 16.9. The van der Waals surface area contributed by atoms with Crippen molar-refractivity contribution in [2.75, 3.05) is 11.7 Å². The van der Waals surface area contributed by atoms with E-state index in [2.05, 4.69) is 86.9 Å². The summed E-state index contributed by atoms with van der Waals surface area (Å²) in [5.41, 5.74) is 7.96. The van der Waals surface area contributed by atoms with Crippen molar-refractivity contribution >= 4 is 22.5 Å². The highest BCUT2D eigenvalue weighted by atomic mass is 32.2. The Kier molecular flexibility index (Phi) is 5.30. The second-order valence-electron chi connectivity index (χ2n) is 6.39. The average Bonchev–Trinajstić information content (AvgIpc) is 2.48. The molecule has 22 heavy (non-hydrogen) atoms. The van der Waals surface area contributed by atoms with Gasteiger partial charge < -0.3 is 0 Å². The molecule has 0 aliphatic carbocycles. The molecular weight excluding hydrogens is 288 g/mol. The van der Waals surface area contributed by atoms with Gasteiger partial charge in [0.15, 0.2) is 0 Å². The smallest absolute Gasteiger partial charge is 0.0986 e. The minimum atomic E-state index is 0.0468. The third kappa shape index (κ3) is 4.14. The van der Waals surface area contributed by atoms with Crippen molar-refractivity contribution in [1.82, 2.24) is 0 Å². The molecule has 0 aliphatic rings. The standard InChI is InChI=1S/C19H24N2S/c1-14-10-12-15(13-11-14)16-8-6-7-9-17(16)20-21-18(22-5)19(2,3)4/h6-13,20H,1-5H3/b21-18-. The van der Waals surface area contributed by atoms with Crippen LogP contribution in [0.5, 0.6) is 0 Å². The molecule has 0 atom stereocenters. The van der Waals surface area contributed by atoms with Crippen LogP contribution in [0.2, 0.25) is 0 Å². The highest BCUT2D eigenvalue weighted by Crippen LogP contribution is 2.29. The van der Waals surface area contributed by atoms with Crippen molar-refractivity contribution in [1.29, 1.82) is 0 Å². The number of nitrogens with zero attached hydrogens (tertiary/aromatic N) is 1. The number of nitrogens with one attached hydrogen (secondary N) is 1. The number of para-hydroxylation sites is 1. The molecule has 2 aromatic rings. The molecule has 0 aromatic heterocycles. The Bertz CT molecular complexity index is 652. The molecular formula is C19H24N2S. The van der Waals surface area contributed by atoms with Crippen molar-refractivity contribution < 1.29 is 0 Å². The molecule has 2 nitrogen and oxygen atoms in total. The molecule has 3 heteroatoms. The lowest BCUT2D eigenvalue weighted by Crippen LogP contribution is -2.18. The van der Waals surface area contributed by atoms with E-state index < -0.39 is 0 Å². The highest BCUT2D eigenvalue weighted by Gasteiger charge is 2.18. The van der Waals surface area contributed by atoms with Gasteiger partial charge in [-0.05, 0) is 24.8 Å². The first-order chi connectivity index (χ1) is 10.4. The summed E-state index contributed by atoms with van der Waals surface area (Å²) in [6.45, 7) is 8.63.